The number of H-pyrrole nitrogens is 1. The fraction of sp³-hybridized carbons (Fsp3) is 0.167. The lowest BCUT2D eigenvalue weighted by molar-refractivity contribution is 0.0594. The van der Waals surface area contributed by atoms with E-state index >= 15 is 0 Å². The number of furan rings is 1. The predicted molar refractivity (Wildman–Crippen MR) is 61.2 cm³/mol. The molecular formula is C12H11NO5. The van der Waals surface area contributed by atoms with Crippen LogP contribution >= 0.6 is 0 Å². The largest absolute Gasteiger partial charge is 0.465 e. The average molecular weight is 249 g/mol. The fourth-order valence-corrected chi connectivity index (χ4v) is 1.63. The van der Waals surface area contributed by atoms with Gasteiger partial charge in [0.1, 0.15) is 11.5 Å². The maximum Gasteiger partial charge on any atom is 0.355 e. The van der Waals surface area contributed by atoms with E-state index < -0.39 is 11.9 Å². The van der Waals surface area contributed by atoms with Gasteiger partial charge >= 0.3 is 11.9 Å². The van der Waals surface area contributed by atoms with Gasteiger partial charge in [0.2, 0.25) is 0 Å². The topological polar surface area (TPSA) is 81.5 Å². The summed E-state index contributed by atoms with van der Waals surface area (Å²) in [4.78, 5) is 25.9. The van der Waals surface area contributed by atoms with Gasteiger partial charge in [-0.05, 0) is 12.1 Å². The van der Waals surface area contributed by atoms with Crippen LogP contribution in [0.25, 0.3) is 11.3 Å². The van der Waals surface area contributed by atoms with Crippen LogP contribution in [-0.4, -0.2) is 31.1 Å². The zero-order valence-electron chi connectivity index (χ0n) is 9.85. The van der Waals surface area contributed by atoms with E-state index in [4.69, 9.17) is 4.42 Å². The summed E-state index contributed by atoms with van der Waals surface area (Å²) in [5.74, 6) is -0.763. The molecule has 0 aliphatic heterocycles. The van der Waals surface area contributed by atoms with E-state index in [0.717, 1.165) is 0 Å². The first kappa shape index (κ1) is 12.0. The minimum absolute atomic E-state index is 0.146. The molecule has 1 N–H and O–H groups in total. The van der Waals surface area contributed by atoms with Crippen LogP contribution < -0.4 is 0 Å². The standard InChI is InChI=1S/C12H11NO5/c1-16-11(14)7-6-13-10(12(15)17-2)9(7)8-4-3-5-18-8/h3-6,13H,1-2H3. The number of ether oxygens (including phenoxy) is 2. The van der Waals surface area contributed by atoms with Gasteiger partial charge < -0.3 is 18.9 Å². The third-order valence-electron chi connectivity index (χ3n) is 2.44. The lowest BCUT2D eigenvalue weighted by Crippen LogP contribution is -2.05. The molecule has 0 spiro atoms. The van der Waals surface area contributed by atoms with E-state index in [1.165, 1.54) is 26.7 Å². The Hall–Kier alpha value is -2.50. The highest BCUT2D eigenvalue weighted by Crippen LogP contribution is 2.29. The van der Waals surface area contributed by atoms with Crippen molar-refractivity contribution in [1.29, 1.82) is 0 Å². The normalized spacial score (nSPS) is 10.1. The maximum absolute atomic E-state index is 11.6. The van der Waals surface area contributed by atoms with Crippen LogP contribution in [0.4, 0.5) is 0 Å². The molecule has 0 radical (unpaired) electrons. The number of hydrogen-bond donors (Lipinski definition) is 1. The summed E-state index contributed by atoms with van der Waals surface area (Å²) in [5, 5.41) is 0. The predicted octanol–water partition coefficient (Wildman–Crippen LogP) is 1.85. The SMILES string of the molecule is COC(=O)c1c[nH]c(C(=O)OC)c1-c1ccco1. The number of nitrogens with one attached hydrogen (secondary N) is 1. The summed E-state index contributed by atoms with van der Waals surface area (Å²) in [6.07, 6.45) is 2.83. The first-order chi connectivity index (χ1) is 8.69. The van der Waals surface area contributed by atoms with Gasteiger partial charge in [0.25, 0.3) is 0 Å². The van der Waals surface area contributed by atoms with E-state index in [1.807, 2.05) is 0 Å². The molecule has 94 valence electrons. The molecule has 6 nitrogen and oxygen atoms in total. The van der Waals surface area contributed by atoms with Gasteiger partial charge in [-0.2, -0.15) is 0 Å². The van der Waals surface area contributed by atoms with Crippen LogP contribution in [0.3, 0.4) is 0 Å². The average Bonchev–Trinajstić information content (AvgIpc) is 3.04. The van der Waals surface area contributed by atoms with Crippen molar-refractivity contribution in [2.75, 3.05) is 14.2 Å². The molecular weight excluding hydrogens is 238 g/mol. The quantitative estimate of drug-likeness (QED) is 0.839. The monoisotopic (exact) mass is 249 g/mol. The molecule has 6 heteroatoms. The molecule has 0 aliphatic carbocycles. The van der Waals surface area contributed by atoms with Crippen LogP contribution in [-0.2, 0) is 9.47 Å². The Morgan fingerprint density at radius 1 is 1.22 bits per heavy atom. The number of aromatic amines is 1. The molecule has 0 bridgehead atoms. The van der Waals surface area contributed by atoms with Crippen LogP contribution in [0.1, 0.15) is 20.8 Å². The van der Waals surface area contributed by atoms with E-state index in [-0.39, 0.29) is 11.3 Å². The van der Waals surface area contributed by atoms with Gasteiger partial charge in [-0.15, -0.1) is 0 Å². The number of methoxy groups -OCH3 is 2. The summed E-state index contributed by atoms with van der Waals surface area (Å²) in [6, 6.07) is 3.30. The summed E-state index contributed by atoms with van der Waals surface area (Å²) < 4.78 is 14.5. The number of carbonyl (C=O) groups is 2. The molecule has 0 unspecified atom stereocenters. The summed E-state index contributed by atoms with van der Waals surface area (Å²) in [5.41, 5.74) is 0.694. The second kappa shape index (κ2) is 4.79. The van der Waals surface area contributed by atoms with Gasteiger partial charge in [0, 0.05) is 6.20 Å². The maximum atomic E-state index is 11.6. The lowest BCUT2D eigenvalue weighted by atomic mass is 10.1. The third kappa shape index (κ3) is 1.88. The highest BCUT2D eigenvalue weighted by atomic mass is 16.5. The Morgan fingerprint density at radius 3 is 2.50 bits per heavy atom. The van der Waals surface area contributed by atoms with Gasteiger partial charge in [0.05, 0.1) is 31.6 Å². The molecule has 0 saturated heterocycles. The highest BCUT2D eigenvalue weighted by molar-refractivity contribution is 6.04. The highest BCUT2D eigenvalue weighted by Gasteiger charge is 2.25. The summed E-state index contributed by atoms with van der Waals surface area (Å²) >= 11 is 0. The minimum atomic E-state index is -0.587. The molecule has 2 heterocycles. The Bertz CT molecular complexity index is 534. The van der Waals surface area contributed by atoms with Gasteiger partial charge in [0.15, 0.2) is 0 Å². The summed E-state index contributed by atoms with van der Waals surface area (Å²) in [7, 11) is 2.52. The number of carbonyl (C=O) groups excluding carboxylic acids is 2. The van der Waals surface area contributed by atoms with Crippen LogP contribution in [0.15, 0.2) is 29.0 Å². The van der Waals surface area contributed by atoms with Crippen molar-refractivity contribution in [3.8, 4) is 11.3 Å². The molecule has 0 amide bonds. The molecule has 18 heavy (non-hydrogen) atoms. The molecule has 0 fully saturated rings. The molecule has 2 aromatic rings. The van der Waals surface area contributed by atoms with Gasteiger partial charge in [-0.25, -0.2) is 9.59 Å². The van der Waals surface area contributed by atoms with Crippen LogP contribution in [0.5, 0.6) is 0 Å². The van der Waals surface area contributed by atoms with Crippen molar-refractivity contribution >= 4 is 11.9 Å². The van der Waals surface area contributed by atoms with Gasteiger partial charge in [-0.1, -0.05) is 0 Å². The smallest absolute Gasteiger partial charge is 0.355 e. The van der Waals surface area contributed by atoms with Crippen molar-refractivity contribution in [1.82, 2.24) is 4.98 Å². The fourth-order valence-electron chi connectivity index (χ4n) is 1.63. The van der Waals surface area contributed by atoms with Crippen molar-refractivity contribution in [3.05, 3.63) is 35.9 Å². The zero-order chi connectivity index (χ0) is 13.1. The van der Waals surface area contributed by atoms with Crippen molar-refractivity contribution in [2.45, 2.75) is 0 Å². The molecule has 0 saturated carbocycles. The summed E-state index contributed by atoms with van der Waals surface area (Å²) in [6.45, 7) is 0. The number of rotatable bonds is 3. The zero-order valence-corrected chi connectivity index (χ0v) is 9.85. The van der Waals surface area contributed by atoms with Crippen LogP contribution in [0, 0.1) is 0 Å². The number of aromatic nitrogens is 1. The van der Waals surface area contributed by atoms with Crippen LogP contribution in [0.2, 0.25) is 0 Å². The van der Waals surface area contributed by atoms with Crippen molar-refractivity contribution < 1.29 is 23.5 Å². The third-order valence-corrected chi connectivity index (χ3v) is 2.44. The van der Waals surface area contributed by atoms with E-state index in [9.17, 15) is 9.59 Å². The number of hydrogen-bond acceptors (Lipinski definition) is 5. The Balaban J connectivity index is 2.60. The minimum Gasteiger partial charge on any atom is -0.465 e. The van der Waals surface area contributed by atoms with E-state index in [1.54, 1.807) is 12.1 Å². The van der Waals surface area contributed by atoms with Gasteiger partial charge in [-0.3, -0.25) is 0 Å². The second-order valence-electron chi connectivity index (χ2n) is 3.41. The second-order valence-corrected chi connectivity index (χ2v) is 3.41. The first-order valence-corrected chi connectivity index (χ1v) is 5.11. The molecule has 0 aliphatic rings. The van der Waals surface area contributed by atoms with E-state index in [0.29, 0.717) is 11.3 Å². The molecule has 2 rings (SSSR count). The lowest BCUT2D eigenvalue weighted by Gasteiger charge is -2.02. The Kier molecular flexibility index (Phi) is 3.18. The Morgan fingerprint density at radius 2 is 1.94 bits per heavy atom. The van der Waals surface area contributed by atoms with Crippen molar-refractivity contribution in [2.24, 2.45) is 0 Å². The first-order valence-electron chi connectivity index (χ1n) is 5.11. The molecule has 2 aromatic heterocycles. The number of esters is 2. The molecule has 0 aromatic carbocycles. The molecule has 0 atom stereocenters. The van der Waals surface area contributed by atoms with Crippen molar-refractivity contribution in [3.63, 3.8) is 0 Å². The Labute approximate surface area is 103 Å². The van der Waals surface area contributed by atoms with E-state index in [2.05, 4.69) is 14.5 Å².